The fourth-order valence-electron chi connectivity index (χ4n) is 3.07. The molecule has 1 aromatic heterocycles. The van der Waals surface area contributed by atoms with Gasteiger partial charge in [-0.15, -0.1) is 0 Å². The van der Waals surface area contributed by atoms with Gasteiger partial charge >= 0.3 is 5.97 Å². The Kier molecular flexibility index (Phi) is 10.2. The molecule has 0 unspecified atom stereocenters. The molecule has 0 amide bonds. The van der Waals surface area contributed by atoms with Crippen LogP contribution in [0, 0.1) is 0 Å². The van der Waals surface area contributed by atoms with Gasteiger partial charge in [0.05, 0.1) is 13.7 Å². The molecule has 2 rings (SSSR count). The summed E-state index contributed by atoms with van der Waals surface area (Å²) >= 11 is 0. The highest BCUT2D eigenvalue weighted by molar-refractivity contribution is 5.75. The molecule has 0 atom stereocenters. The number of aromatic nitrogens is 2. The number of hydrogen-bond acceptors (Lipinski definition) is 2. The number of rotatable bonds is 11. The minimum absolute atomic E-state index is 0. The number of imidazole rings is 1. The first-order chi connectivity index (χ1) is 11.7. The maximum Gasteiger partial charge on any atom is 0.348 e. The van der Waals surface area contributed by atoms with Crippen molar-refractivity contribution in [2.45, 2.75) is 64.8 Å². The van der Waals surface area contributed by atoms with Gasteiger partial charge in [-0.3, -0.25) is 0 Å². The van der Waals surface area contributed by atoms with Gasteiger partial charge in [0.15, 0.2) is 17.6 Å². The lowest BCUT2D eigenvalue weighted by molar-refractivity contribution is -0.645. The second-order valence-corrected chi connectivity index (χ2v) is 6.54. The predicted molar refractivity (Wildman–Crippen MR) is 96.7 cm³/mol. The van der Waals surface area contributed by atoms with Crippen LogP contribution in [0.15, 0.2) is 30.6 Å². The van der Waals surface area contributed by atoms with Crippen molar-refractivity contribution in [3.05, 3.63) is 30.6 Å². The number of carbonyl (C=O) groups is 1. The topological polar surface area (TPSA) is 35.1 Å². The molecule has 0 N–H and O–H groups in total. The van der Waals surface area contributed by atoms with Gasteiger partial charge in [-0.25, -0.2) is 13.9 Å². The van der Waals surface area contributed by atoms with Gasteiger partial charge in [0.2, 0.25) is 6.33 Å². The summed E-state index contributed by atoms with van der Waals surface area (Å²) in [5, 5.41) is 0. The number of benzene rings is 1. The summed E-state index contributed by atoms with van der Waals surface area (Å²) in [5.74, 6) is -0.153. The van der Waals surface area contributed by atoms with Gasteiger partial charge in [0.25, 0.3) is 0 Å². The third kappa shape index (κ3) is 7.07. The molecule has 140 valence electrons. The summed E-state index contributed by atoms with van der Waals surface area (Å²) in [6.45, 7) is 3.06. The predicted octanol–water partition coefficient (Wildman–Crippen LogP) is 1.15. The Hall–Kier alpha value is -1.55. The van der Waals surface area contributed by atoms with Gasteiger partial charge in [-0.2, -0.15) is 0 Å². The molecule has 4 nitrogen and oxygen atoms in total. The van der Waals surface area contributed by atoms with E-state index >= 15 is 0 Å². The number of unbranched alkanes of at least 4 members (excludes halogenated alkanes) is 7. The van der Waals surface area contributed by atoms with Crippen molar-refractivity contribution in [3.8, 4) is 0 Å². The molecule has 1 heterocycles. The summed E-state index contributed by atoms with van der Waals surface area (Å²) in [4.78, 5) is 12.0. The summed E-state index contributed by atoms with van der Waals surface area (Å²) < 4.78 is 9.36. The van der Waals surface area contributed by atoms with E-state index in [-0.39, 0.29) is 24.9 Å². The number of halogens is 1. The van der Waals surface area contributed by atoms with E-state index in [9.17, 15) is 4.79 Å². The van der Waals surface area contributed by atoms with Crippen LogP contribution in [0.5, 0.6) is 0 Å². The van der Waals surface area contributed by atoms with Crippen LogP contribution in [0.2, 0.25) is 0 Å². The highest BCUT2D eigenvalue weighted by Gasteiger charge is 2.16. The molecule has 0 saturated carbocycles. The van der Waals surface area contributed by atoms with Crippen molar-refractivity contribution >= 4 is 17.0 Å². The molecule has 25 heavy (non-hydrogen) atoms. The maximum atomic E-state index is 12.0. The zero-order valence-corrected chi connectivity index (χ0v) is 16.3. The summed E-state index contributed by atoms with van der Waals surface area (Å²) in [6.07, 6.45) is 12.0. The van der Waals surface area contributed by atoms with E-state index in [2.05, 4.69) is 13.0 Å². The molecule has 2 aromatic rings. The number of para-hydroxylation sites is 2. The Morgan fingerprint density at radius 1 is 1.04 bits per heavy atom. The standard InChI is InChI=1S/C20H31N2O2.ClH/c1-3-4-5-6-7-8-9-12-15-24-20(23)16-22-17-21(2)18-13-10-11-14-19(18)22;/h10-11,13-14,17H,3-9,12,15-16H2,1-2H3;1H/q+1;/p-1. The molecule has 0 spiro atoms. The zero-order valence-electron chi connectivity index (χ0n) is 15.5. The third-order valence-electron chi connectivity index (χ3n) is 4.44. The van der Waals surface area contributed by atoms with Crippen LogP contribution in [-0.4, -0.2) is 17.1 Å². The monoisotopic (exact) mass is 366 g/mol. The van der Waals surface area contributed by atoms with E-state index in [4.69, 9.17) is 4.74 Å². The minimum atomic E-state index is -0.153. The van der Waals surface area contributed by atoms with Crippen molar-refractivity contribution in [3.63, 3.8) is 0 Å². The second kappa shape index (κ2) is 11.9. The number of aryl methyl sites for hydroxylation is 1. The molecule has 0 saturated heterocycles. The van der Waals surface area contributed by atoms with Crippen molar-refractivity contribution in [2.75, 3.05) is 6.61 Å². The highest BCUT2D eigenvalue weighted by Crippen LogP contribution is 2.11. The number of ether oxygens (including phenoxy) is 1. The Labute approximate surface area is 157 Å². The normalized spacial score (nSPS) is 10.6. The SMILES string of the molecule is CCCCCCCCCCOC(=O)Cn1c[n+](C)c2ccccc21.[Cl-]. The molecule has 0 aliphatic rings. The first-order valence-electron chi connectivity index (χ1n) is 9.31. The molecule has 0 radical (unpaired) electrons. The summed E-state index contributed by atoms with van der Waals surface area (Å²) in [6, 6.07) is 8.08. The highest BCUT2D eigenvalue weighted by atomic mass is 35.5. The van der Waals surface area contributed by atoms with E-state index in [1.165, 1.54) is 38.5 Å². The minimum Gasteiger partial charge on any atom is -1.00 e. The molecule has 0 fully saturated rings. The summed E-state index contributed by atoms with van der Waals surface area (Å²) in [7, 11) is 1.99. The number of nitrogens with zero attached hydrogens (tertiary/aromatic N) is 2. The van der Waals surface area contributed by atoms with E-state index in [0.717, 1.165) is 23.9 Å². The third-order valence-corrected chi connectivity index (χ3v) is 4.44. The Bertz CT molecular complexity index is 640. The molecule has 1 aromatic carbocycles. The molecule has 5 heteroatoms. The molecule has 0 aliphatic carbocycles. The van der Waals surface area contributed by atoms with Crippen LogP contribution in [0.4, 0.5) is 0 Å². The lowest BCUT2D eigenvalue weighted by Crippen LogP contribution is -3.00. The maximum absolute atomic E-state index is 12.0. The molecular formula is C20H31ClN2O2. The fraction of sp³-hybridized carbons (Fsp3) is 0.600. The first-order valence-corrected chi connectivity index (χ1v) is 9.31. The fourth-order valence-corrected chi connectivity index (χ4v) is 3.07. The summed E-state index contributed by atoms with van der Waals surface area (Å²) in [5.41, 5.74) is 2.18. The number of fused-ring (bicyclic) bond motifs is 1. The Morgan fingerprint density at radius 3 is 2.40 bits per heavy atom. The lowest BCUT2D eigenvalue weighted by Gasteiger charge is -2.04. The number of hydrogen-bond donors (Lipinski definition) is 0. The average Bonchev–Trinajstić information content (AvgIpc) is 2.90. The molecule has 0 bridgehead atoms. The van der Waals surface area contributed by atoms with E-state index in [1.54, 1.807) is 0 Å². The van der Waals surface area contributed by atoms with E-state index in [1.807, 2.05) is 40.7 Å². The van der Waals surface area contributed by atoms with Crippen LogP contribution in [0.1, 0.15) is 58.3 Å². The Balaban J connectivity index is 0.00000312. The van der Waals surface area contributed by atoms with Crippen molar-refractivity contribution in [1.82, 2.24) is 4.57 Å². The average molecular weight is 367 g/mol. The van der Waals surface area contributed by atoms with Crippen molar-refractivity contribution in [1.29, 1.82) is 0 Å². The van der Waals surface area contributed by atoms with Crippen LogP contribution in [-0.2, 0) is 23.1 Å². The number of esters is 1. The first kappa shape index (κ1) is 21.5. The lowest BCUT2D eigenvalue weighted by atomic mass is 10.1. The zero-order chi connectivity index (χ0) is 17.2. The van der Waals surface area contributed by atoms with Crippen molar-refractivity contribution in [2.24, 2.45) is 7.05 Å². The van der Waals surface area contributed by atoms with Gasteiger partial charge in [-0.1, -0.05) is 64.0 Å². The van der Waals surface area contributed by atoms with Crippen LogP contribution < -0.4 is 17.0 Å². The van der Waals surface area contributed by atoms with Gasteiger partial charge in [0, 0.05) is 0 Å². The van der Waals surface area contributed by atoms with Crippen LogP contribution in [0.3, 0.4) is 0 Å². The van der Waals surface area contributed by atoms with Gasteiger partial charge in [0.1, 0.15) is 0 Å². The van der Waals surface area contributed by atoms with E-state index in [0.29, 0.717) is 6.61 Å². The second-order valence-electron chi connectivity index (χ2n) is 6.54. The number of carbonyl (C=O) groups excluding carboxylic acids is 1. The largest absolute Gasteiger partial charge is 1.00 e. The van der Waals surface area contributed by atoms with Gasteiger partial charge in [-0.05, 0) is 18.6 Å². The van der Waals surface area contributed by atoms with Crippen LogP contribution >= 0.6 is 0 Å². The van der Waals surface area contributed by atoms with Gasteiger partial charge < -0.3 is 17.1 Å². The quantitative estimate of drug-likeness (QED) is 0.340. The molecule has 0 aliphatic heterocycles. The van der Waals surface area contributed by atoms with E-state index < -0.39 is 0 Å². The Morgan fingerprint density at radius 2 is 1.68 bits per heavy atom. The smallest absolute Gasteiger partial charge is 0.348 e. The molecular weight excluding hydrogens is 336 g/mol. The van der Waals surface area contributed by atoms with Crippen molar-refractivity contribution < 1.29 is 26.5 Å². The van der Waals surface area contributed by atoms with Crippen LogP contribution in [0.25, 0.3) is 11.0 Å².